The fraction of sp³-hybridized carbons (Fsp3) is 0.750. The molecule has 1 aromatic heterocycles. The summed E-state index contributed by atoms with van der Waals surface area (Å²) in [5.41, 5.74) is -0.136. The maximum atomic E-state index is 5.66. The lowest BCUT2D eigenvalue weighted by molar-refractivity contribution is -0.00291. The molecule has 0 fully saturated rings. The van der Waals surface area contributed by atoms with E-state index in [-0.39, 0.29) is 11.1 Å². The number of ether oxygens (including phenoxy) is 1. The van der Waals surface area contributed by atoms with Gasteiger partial charge in [-0.05, 0) is 34.6 Å². The van der Waals surface area contributed by atoms with Crippen LogP contribution in [0.3, 0.4) is 0 Å². The Morgan fingerprint density at radius 2 is 2.00 bits per heavy atom. The van der Waals surface area contributed by atoms with Gasteiger partial charge in [0.2, 0.25) is 0 Å². The Bertz CT molecular complexity index is 301. The first kappa shape index (κ1) is 13.6. The van der Waals surface area contributed by atoms with Crippen LogP contribution in [0.2, 0.25) is 0 Å². The molecule has 92 valence electrons. The highest BCUT2D eigenvalue weighted by molar-refractivity contribution is 7.09. The highest BCUT2D eigenvalue weighted by atomic mass is 32.1. The van der Waals surface area contributed by atoms with Gasteiger partial charge in [-0.15, -0.1) is 11.3 Å². The maximum absolute atomic E-state index is 5.66. The fourth-order valence-electron chi connectivity index (χ4n) is 1.33. The summed E-state index contributed by atoms with van der Waals surface area (Å²) in [6.45, 7) is 12.0. The van der Waals surface area contributed by atoms with Gasteiger partial charge in [-0.25, -0.2) is 4.98 Å². The SMILES string of the molecule is CC(C)(C)OCCNC(C)(C)c1nccs1. The lowest BCUT2D eigenvalue weighted by atomic mass is 10.1. The Morgan fingerprint density at radius 3 is 2.50 bits per heavy atom. The van der Waals surface area contributed by atoms with Crippen LogP contribution in [0.1, 0.15) is 39.6 Å². The number of nitrogens with zero attached hydrogens (tertiary/aromatic N) is 1. The summed E-state index contributed by atoms with van der Waals surface area (Å²) >= 11 is 1.68. The van der Waals surface area contributed by atoms with Gasteiger partial charge in [-0.3, -0.25) is 0 Å². The van der Waals surface area contributed by atoms with Crippen molar-refractivity contribution in [2.75, 3.05) is 13.2 Å². The molecule has 0 aliphatic carbocycles. The van der Waals surface area contributed by atoms with Crippen LogP contribution in [0.15, 0.2) is 11.6 Å². The van der Waals surface area contributed by atoms with Crippen molar-refractivity contribution in [3.8, 4) is 0 Å². The molecule has 1 heterocycles. The standard InChI is InChI=1S/C12H22N2OS/c1-11(2,3)15-8-6-14-12(4,5)10-13-7-9-16-10/h7,9,14H,6,8H2,1-5H3. The van der Waals surface area contributed by atoms with Crippen molar-refractivity contribution in [1.29, 1.82) is 0 Å². The quantitative estimate of drug-likeness (QED) is 0.806. The van der Waals surface area contributed by atoms with E-state index in [1.165, 1.54) is 0 Å². The molecule has 4 heteroatoms. The van der Waals surface area contributed by atoms with Crippen LogP contribution in [-0.4, -0.2) is 23.7 Å². The van der Waals surface area contributed by atoms with Gasteiger partial charge in [0, 0.05) is 18.1 Å². The molecule has 1 aromatic rings. The molecule has 16 heavy (non-hydrogen) atoms. The molecule has 0 amide bonds. The molecule has 0 spiro atoms. The smallest absolute Gasteiger partial charge is 0.112 e. The van der Waals surface area contributed by atoms with Crippen LogP contribution in [0, 0.1) is 0 Å². The third-order valence-corrected chi connectivity index (χ3v) is 3.27. The highest BCUT2D eigenvalue weighted by Gasteiger charge is 2.22. The van der Waals surface area contributed by atoms with Crippen molar-refractivity contribution in [2.45, 2.75) is 45.8 Å². The number of nitrogens with one attached hydrogen (secondary N) is 1. The predicted octanol–water partition coefficient (Wildman–Crippen LogP) is 2.78. The van der Waals surface area contributed by atoms with Crippen molar-refractivity contribution in [3.63, 3.8) is 0 Å². The predicted molar refractivity (Wildman–Crippen MR) is 68.8 cm³/mol. The molecule has 0 aliphatic heterocycles. The van der Waals surface area contributed by atoms with Gasteiger partial charge >= 0.3 is 0 Å². The van der Waals surface area contributed by atoms with Gasteiger partial charge in [-0.2, -0.15) is 0 Å². The van der Waals surface area contributed by atoms with Crippen molar-refractivity contribution < 1.29 is 4.74 Å². The van der Waals surface area contributed by atoms with E-state index in [1.807, 2.05) is 11.6 Å². The van der Waals surface area contributed by atoms with Gasteiger partial charge in [-0.1, -0.05) is 0 Å². The van der Waals surface area contributed by atoms with E-state index in [1.54, 1.807) is 11.3 Å². The molecule has 1 rings (SSSR count). The molecule has 0 radical (unpaired) electrons. The second kappa shape index (κ2) is 5.25. The summed E-state index contributed by atoms with van der Waals surface area (Å²) in [5.74, 6) is 0. The van der Waals surface area contributed by atoms with Crippen molar-refractivity contribution in [1.82, 2.24) is 10.3 Å². The highest BCUT2D eigenvalue weighted by Crippen LogP contribution is 2.21. The lowest BCUT2D eigenvalue weighted by Gasteiger charge is -2.25. The minimum absolute atomic E-state index is 0.0625. The van der Waals surface area contributed by atoms with E-state index < -0.39 is 0 Å². The molecule has 0 atom stereocenters. The third-order valence-electron chi connectivity index (χ3n) is 2.17. The summed E-state index contributed by atoms with van der Waals surface area (Å²) in [4.78, 5) is 4.33. The Hall–Kier alpha value is -0.450. The Labute approximate surface area is 102 Å². The van der Waals surface area contributed by atoms with Crippen molar-refractivity contribution in [3.05, 3.63) is 16.6 Å². The van der Waals surface area contributed by atoms with E-state index in [9.17, 15) is 0 Å². The first-order valence-corrected chi connectivity index (χ1v) is 6.48. The van der Waals surface area contributed by atoms with Crippen LogP contribution in [0.4, 0.5) is 0 Å². The molecule has 3 nitrogen and oxygen atoms in total. The lowest BCUT2D eigenvalue weighted by Crippen LogP contribution is -2.39. The van der Waals surface area contributed by atoms with E-state index in [0.29, 0.717) is 0 Å². The number of aromatic nitrogens is 1. The van der Waals surface area contributed by atoms with E-state index in [2.05, 4.69) is 44.9 Å². The van der Waals surface area contributed by atoms with Gasteiger partial charge < -0.3 is 10.1 Å². The second-order valence-electron chi connectivity index (χ2n) is 5.35. The van der Waals surface area contributed by atoms with E-state index >= 15 is 0 Å². The van der Waals surface area contributed by atoms with Gasteiger partial charge in [0.25, 0.3) is 0 Å². The molecule has 0 aromatic carbocycles. The van der Waals surface area contributed by atoms with Crippen LogP contribution in [-0.2, 0) is 10.3 Å². The average molecular weight is 242 g/mol. The first-order valence-electron chi connectivity index (χ1n) is 5.60. The molecule has 0 unspecified atom stereocenters. The summed E-state index contributed by atoms with van der Waals surface area (Å²) in [7, 11) is 0. The average Bonchev–Trinajstić information content (AvgIpc) is 2.64. The minimum atomic E-state index is -0.0740. The molecular formula is C12H22N2OS. The summed E-state index contributed by atoms with van der Waals surface area (Å²) < 4.78 is 5.66. The maximum Gasteiger partial charge on any atom is 0.112 e. The van der Waals surface area contributed by atoms with Crippen molar-refractivity contribution >= 4 is 11.3 Å². The summed E-state index contributed by atoms with van der Waals surface area (Å²) in [5, 5.41) is 6.58. The van der Waals surface area contributed by atoms with Gasteiger partial charge in [0.1, 0.15) is 5.01 Å². The Morgan fingerprint density at radius 1 is 1.31 bits per heavy atom. The number of rotatable bonds is 5. The van der Waals surface area contributed by atoms with Crippen LogP contribution < -0.4 is 5.32 Å². The minimum Gasteiger partial charge on any atom is -0.375 e. The topological polar surface area (TPSA) is 34.1 Å². The van der Waals surface area contributed by atoms with Gasteiger partial charge in [0.15, 0.2) is 0 Å². The molecular weight excluding hydrogens is 220 g/mol. The number of hydrogen-bond donors (Lipinski definition) is 1. The monoisotopic (exact) mass is 242 g/mol. The van der Waals surface area contributed by atoms with Crippen molar-refractivity contribution in [2.24, 2.45) is 0 Å². The third kappa shape index (κ3) is 4.60. The normalized spacial score (nSPS) is 13.1. The molecule has 0 bridgehead atoms. The van der Waals surface area contributed by atoms with Gasteiger partial charge in [0.05, 0.1) is 17.7 Å². The summed E-state index contributed by atoms with van der Waals surface area (Å²) in [6, 6.07) is 0. The van der Waals surface area contributed by atoms with Crippen LogP contribution >= 0.6 is 11.3 Å². The zero-order chi connectivity index (χ0) is 12.2. The largest absolute Gasteiger partial charge is 0.375 e. The second-order valence-corrected chi connectivity index (χ2v) is 6.24. The molecule has 0 aliphatic rings. The number of hydrogen-bond acceptors (Lipinski definition) is 4. The molecule has 1 N–H and O–H groups in total. The Balaban J connectivity index is 2.32. The molecule has 0 saturated heterocycles. The van der Waals surface area contributed by atoms with Crippen LogP contribution in [0.25, 0.3) is 0 Å². The van der Waals surface area contributed by atoms with E-state index in [4.69, 9.17) is 4.74 Å². The molecule has 0 saturated carbocycles. The van der Waals surface area contributed by atoms with Crippen LogP contribution in [0.5, 0.6) is 0 Å². The zero-order valence-electron chi connectivity index (χ0n) is 10.8. The fourth-order valence-corrected chi connectivity index (χ4v) is 2.07. The summed E-state index contributed by atoms with van der Waals surface area (Å²) in [6.07, 6.45) is 1.84. The van der Waals surface area contributed by atoms with E-state index in [0.717, 1.165) is 18.2 Å². The number of thiazole rings is 1. The Kier molecular flexibility index (Phi) is 4.47. The zero-order valence-corrected chi connectivity index (χ0v) is 11.6. The first-order chi connectivity index (χ1) is 7.31.